The average Bonchev–Trinajstić information content (AvgIpc) is 3.02. The zero-order chi connectivity index (χ0) is 22.1. The van der Waals surface area contributed by atoms with Crippen molar-refractivity contribution >= 4 is 27.2 Å². The molecular formula is C20H17F2N3O4S. The molecule has 0 saturated carbocycles. The average molecular weight is 433 g/mol. The van der Waals surface area contributed by atoms with Crippen LogP contribution in [0.4, 0.5) is 14.5 Å². The lowest BCUT2D eigenvalue weighted by Crippen LogP contribution is -2.25. The van der Waals surface area contributed by atoms with Crippen molar-refractivity contribution in [3.63, 3.8) is 0 Å². The molecule has 0 aliphatic heterocycles. The van der Waals surface area contributed by atoms with Gasteiger partial charge in [0.2, 0.25) is 9.84 Å². The third-order valence-corrected chi connectivity index (χ3v) is 5.84. The largest absolute Gasteiger partial charge is 0.341 e. The number of amides is 1. The highest BCUT2D eigenvalue weighted by atomic mass is 32.2. The first-order valence-corrected chi connectivity index (χ1v) is 10.3. The van der Waals surface area contributed by atoms with E-state index in [0.717, 1.165) is 12.1 Å². The van der Waals surface area contributed by atoms with E-state index in [2.05, 4.69) is 10.4 Å². The zero-order valence-corrected chi connectivity index (χ0v) is 16.8. The highest BCUT2D eigenvalue weighted by Crippen LogP contribution is 2.26. The van der Waals surface area contributed by atoms with E-state index in [0.29, 0.717) is 17.1 Å². The van der Waals surface area contributed by atoms with Crippen molar-refractivity contribution in [2.24, 2.45) is 0 Å². The molecule has 0 atom stereocenters. The van der Waals surface area contributed by atoms with Gasteiger partial charge in [-0.25, -0.2) is 13.1 Å². The van der Waals surface area contributed by atoms with E-state index in [1.165, 1.54) is 16.8 Å². The molecule has 3 rings (SSSR count). The van der Waals surface area contributed by atoms with Crippen LogP contribution in [0.3, 0.4) is 0 Å². The van der Waals surface area contributed by atoms with E-state index in [4.69, 9.17) is 0 Å². The lowest BCUT2D eigenvalue weighted by atomic mass is 10.1. The number of hydrogen-bond acceptors (Lipinski definition) is 5. The van der Waals surface area contributed by atoms with Crippen LogP contribution in [0.25, 0.3) is 5.69 Å². The van der Waals surface area contributed by atoms with E-state index in [-0.39, 0.29) is 5.56 Å². The van der Waals surface area contributed by atoms with Gasteiger partial charge in [0.1, 0.15) is 0 Å². The summed E-state index contributed by atoms with van der Waals surface area (Å²) in [6, 6.07) is 13.6. The number of carbonyl (C=O) groups excluding carboxylic acids is 2. The standard InChI is InChI=1S/C20H17F2N3O4S/c1-12-17(13(2)25(24-12)14-8-4-3-5-9-14)18(26)19(27)23-15-10-6-7-11-16(15)30(28,29)20(21)22/h3-11,20H,1-2H3,(H,23,27). The highest BCUT2D eigenvalue weighted by Gasteiger charge is 2.31. The van der Waals surface area contributed by atoms with Crippen molar-refractivity contribution in [3.8, 4) is 5.69 Å². The van der Waals surface area contributed by atoms with Gasteiger partial charge in [-0.1, -0.05) is 30.3 Å². The fraction of sp³-hybridized carbons (Fsp3) is 0.150. The number of halogens is 2. The summed E-state index contributed by atoms with van der Waals surface area (Å²) in [7, 11) is -4.97. The Labute approximate surface area is 171 Å². The highest BCUT2D eigenvalue weighted by molar-refractivity contribution is 7.91. The summed E-state index contributed by atoms with van der Waals surface area (Å²) in [6.07, 6.45) is 0. The van der Waals surface area contributed by atoms with E-state index >= 15 is 0 Å². The molecule has 1 amide bonds. The molecule has 7 nitrogen and oxygen atoms in total. The third-order valence-electron chi connectivity index (χ3n) is 4.40. The van der Waals surface area contributed by atoms with E-state index in [9.17, 15) is 26.8 Å². The Morgan fingerprint density at radius 2 is 1.60 bits per heavy atom. The Bertz CT molecular complexity index is 1220. The predicted molar refractivity (Wildman–Crippen MR) is 106 cm³/mol. The minimum absolute atomic E-state index is 0.0468. The molecule has 0 fully saturated rings. The molecule has 30 heavy (non-hydrogen) atoms. The molecule has 0 saturated heterocycles. The summed E-state index contributed by atoms with van der Waals surface area (Å²) >= 11 is 0. The first-order chi connectivity index (χ1) is 14.1. The number of Topliss-reactive ketones (excluding diaryl/α,β-unsaturated/α-hetero) is 1. The van der Waals surface area contributed by atoms with E-state index < -0.39 is 37.9 Å². The van der Waals surface area contributed by atoms with Crippen LogP contribution < -0.4 is 5.32 Å². The summed E-state index contributed by atoms with van der Waals surface area (Å²) in [5.74, 6) is -5.79. The van der Waals surface area contributed by atoms with Crippen LogP contribution in [0.5, 0.6) is 0 Å². The number of nitrogens with one attached hydrogen (secondary N) is 1. The predicted octanol–water partition coefficient (Wildman–Crippen LogP) is 3.31. The molecular weight excluding hydrogens is 416 g/mol. The topological polar surface area (TPSA) is 98.1 Å². The summed E-state index contributed by atoms with van der Waals surface area (Å²) in [6.45, 7) is 3.17. The molecule has 156 valence electrons. The maximum absolute atomic E-state index is 12.9. The minimum Gasteiger partial charge on any atom is -0.318 e. The van der Waals surface area contributed by atoms with Crippen molar-refractivity contribution in [2.45, 2.75) is 24.5 Å². The SMILES string of the molecule is Cc1nn(-c2ccccc2)c(C)c1C(=O)C(=O)Nc1ccccc1S(=O)(=O)C(F)F. The van der Waals surface area contributed by atoms with Gasteiger partial charge in [0.25, 0.3) is 11.7 Å². The molecule has 1 heterocycles. The maximum Gasteiger partial charge on any atom is 0.341 e. The number of para-hydroxylation sites is 2. The van der Waals surface area contributed by atoms with Gasteiger partial charge in [-0.2, -0.15) is 13.9 Å². The zero-order valence-electron chi connectivity index (χ0n) is 16.0. The van der Waals surface area contributed by atoms with Crippen LogP contribution in [0.2, 0.25) is 0 Å². The van der Waals surface area contributed by atoms with E-state index in [1.54, 1.807) is 38.1 Å². The first-order valence-electron chi connectivity index (χ1n) is 8.73. The van der Waals surface area contributed by atoms with Gasteiger partial charge in [0.15, 0.2) is 0 Å². The summed E-state index contributed by atoms with van der Waals surface area (Å²) in [4.78, 5) is 24.5. The van der Waals surface area contributed by atoms with Gasteiger partial charge >= 0.3 is 5.76 Å². The van der Waals surface area contributed by atoms with Gasteiger partial charge in [-0.15, -0.1) is 0 Å². The molecule has 0 bridgehead atoms. The third kappa shape index (κ3) is 3.86. The number of benzene rings is 2. The second-order valence-corrected chi connectivity index (χ2v) is 8.26. The first kappa shape index (κ1) is 21.3. The Morgan fingerprint density at radius 3 is 2.23 bits per heavy atom. The number of ketones is 1. The van der Waals surface area contributed by atoms with Crippen LogP contribution in [-0.4, -0.2) is 35.6 Å². The van der Waals surface area contributed by atoms with Crippen LogP contribution in [0.1, 0.15) is 21.7 Å². The monoisotopic (exact) mass is 433 g/mol. The van der Waals surface area contributed by atoms with Crippen molar-refractivity contribution < 1.29 is 26.8 Å². The van der Waals surface area contributed by atoms with Crippen LogP contribution in [-0.2, 0) is 14.6 Å². The quantitative estimate of drug-likeness (QED) is 0.475. The molecule has 0 spiro atoms. The normalized spacial score (nSPS) is 11.5. The lowest BCUT2D eigenvalue weighted by molar-refractivity contribution is -0.112. The fourth-order valence-corrected chi connectivity index (χ4v) is 3.88. The number of nitrogens with zero attached hydrogens (tertiary/aromatic N) is 2. The molecule has 0 aliphatic rings. The van der Waals surface area contributed by atoms with Crippen molar-refractivity contribution in [1.29, 1.82) is 0 Å². The molecule has 1 N–H and O–H groups in total. The van der Waals surface area contributed by atoms with Gasteiger partial charge in [0, 0.05) is 0 Å². The van der Waals surface area contributed by atoms with Crippen LogP contribution in [0, 0.1) is 13.8 Å². The number of rotatable bonds is 6. The summed E-state index contributed by atoms with van der Waals surface area (Å²) < 4.78 is 51.1. The Hall–Kier alpha value is -3.40. The van der Waals surface area contributed by atoms with Crippen molar-refractivity contribution in [2.75, 3.05) is 5.32 Å². The molecule has 3 aromatic rings. The lowest BCUT2D eigenvalue weighted by Gasteiger charge is -2.11. The smallest absolute Gasteiger partial charge is 0.318 e. The molecule has 2 aromatic carbocycles. The number of alkyl halides is 2. The molecule has 0 unspecified atom stereocenters. The second kappa shape index (κ2) is 8.15. The molecule has 10 heteroatoms. The minimum atomic E-state index is -4.97. The number of hydrogen-bond donors (Lipinski definition) is 1. The van der Waals surface area contributed by atoms with Crippen molar-refractivity contribution in [3.05, 3.63) is 71.5 Å². The van der Waals surface area contributed by atoms with Gasteiger partial charge in [-0.3, -0.25) is 9.59 Å². The summed E-state index contributed by atoms with van der Waals surface area (Å²) in [5.41, 5.74) is 1.04. The molecule has 0 aliphatic carbocycles. The Balaban J connectivity index is 1.94. The number of aryl methyl sites for hydroxylation is 1. The second-order valence-electron chi connectivity index (χ2n) is 6.38. The number of carbonyl (C=O) groups is 2. The van der Waals surface area contributed by atoms with Gasteiger partial charge in [0.05, 0.1) is 33.2 Å². The van der Waals surface area contributed by atoms with Gasteiger partial charge in [-0.05, 0) is 38.1 Å². The maximum atomic E-state index is 12.9. The number of aromatic nitrogens is 2. The number of anilines is 1. The fourth-order valence-electron chi connectivity index (χ4n) is 3.00. The van der Waals surface area contributed by atoms with E-state index in [1.807, 2.05) is 6.07 Å². The number of sulfone groups is 1. The Kier molecular flexibility index (Phi) is 5.79. The Morgan fingerprint density at radius 1 is 1.00 bits per heavy atom. The van der Waals surface area contributed by atoms with Crippen molar-refractivity contribution in [1.82, 2.24) is 9.78 Å². The molecule has 1 aromatic heterocycles. The summed E-state index contributed by atoms with van der Waals surface area (Å²) in [5, 5.41) is 6.43. The molecule has 0 radical (unpaired) electrons. The van der Waals surface area contributed by atoms with Crippen LogP contribution >= 0.6 is 0 Å². The van der Waals surface area contributed by atoms with Gasteiger partial charge < -0.3 is 5.32 Å². The van der Waals surface area contributed by atoms with Crippen LogP contribution in [0.15, 0.2) is 59.5 Å².